The molecular formula is C67H79ClI3KN10O17. The van der Waals surface area contributed by atoms with Crippen molar-refractivity contribution in [3.8, 4) is 47.2 Å². The molecule has 8 rings (SSSR count). The molecule has 0 radical (unpaired) electrons. The maximum absolute atomic E-state index is 13.5. The fourth-order valence-corrected chi connectivity index (χ4v) is 8.79. The van der Waals surface area contributed by atoms with E-state index in [1.807, 2.05) is 116 Å². The summed E-state index contributed by atoms with van der Waals surface area (Å²) in [4.78, 5) is 124. The molecule has 4 heterocycles. The largest absolute Gasteiger partial charge is 1.00 e. The Morgan fingerprint density at radius 1 is 0.535 bits per heavy atom. The number of methoxy groups -OCH3 is 4. The molecule has 0 spiro atoms. The molecule has 0 fully saturated rings. The van der Waals surface area contributed by atoms with Gasteiger partial charge in [-0.1, -0.05) is 79.4 Å². The van der Waals surface area contributed by atoms with Gasteiger partial charge in [0, 0.05) is 30.9 Å². The van der Waals surface area contributed by atoms with Crippen LogP contribution in [0.15, 0.2) is 160 Å². The van der Waals surface area contributed by atoms with Gasteiger partial charge in [-0.25, -0.2) is 28.8 Å². The van der Waals surface area contributed by atoms with Gasteiger partial charge < -0.3 is 73.1 Å². The number of nitrogens with zero attached hydrogens (tertiary/aromatic N) is 4. The average molecular weight is 1750 g/mol. The number of alkyl carbamates (subject to hydrolysis) is 2. The SMILES string of the molecule is C.C#CCNC(=O)OC(C)(C)C.CCO.COc1ccc(Cn2c(C#CCNC(=O)OC(C)(C)C)cc(=O)n(Cc3ccc(OC)cc3)c2=O)cc1.COc1ccc(Cn2c(I)cc(=O)n(Cc3ccc(OC)cc3)c2=O)cc1.O=c1cc(Cl)[nH]c(=O)[nH]1.O=c1cc(I)[nH]c(=O)[nH]1.[I-].[K+]. The number of nitrogens with one attached hydrogen (secondary N) is 6. The molecule has 0 bridgehead atoms. The summed E-state index contributed by atoms with van der Waals surface area (Å²) < 4.78 is 37.4. The van der Waals surface area contributed by atoms with Crippen LogP contribution in [0, 0.1) is 31.6 Å². The monoisotopic (exact) mass is 1750 g/mol. The molecule has 0 aliphatic carbocycles. The van der Waals surface area contributed by atoms with E-state index in [-0.39, 0.29) is 150 Å². The van der Waals surface area contributed by atoms with E-state index in [4.69, 9.17) is 51.6 Å². The van der Waals surface area contributed by atoms with E-state index in [0.29, 0.717) is 25.4 Å². The molecule has 0 aliphatic rings. The van der Waals surface area contributed by atoms with Crippen molar-refractivity contribution in [1.29, 1.82) is 0 Å². The minimum Gasteiger partial charge on any atom is -1.00 e. The van der Waals surface area contributed by atoms with Gasteiger partial charge in [-0.15, -0.1) is 6.42 Å². The number of hydrogen-bond acceptors (Lipinski definition) is 17. The Kier molecular flexibility index (Phi) is 43.3. The van der Waals surface area contributed by atoms with Crippen LogP contribution in [-0.2, 0) is 35.7 Å². The van der Waals surface area contributed by atoms with Crippen LogP contribution in [0.3, 0.4) is 0 Å². The van der Waals surface area contributed by atoms with Crippen molar-refractivity contribution >= 4 is 69.0 Å². The molecule has 528 valence electrons. The predicted octanol–water partition coefficient (Wildman–Crippen LogP) is 0.900. The summed E-state index contributed by atoms with van der Waals surface area (Å²) in [6.07, 6.45) is 3.84. The first kappa shape index (κ1) is 91.5. The van der Waals surface area contributed by atoms with Crippen molar-refractivity contribution in [3.05, 3.63) is 245 Å². The third-order valence-electron chi connectivity index (χ3n) is 11.6. The van der Waals surface area contributed by atoms with Crippen molar-refractivity contribution < 1.29 is 118 Å². The van der Waals surface area contributed by atoms with Crippen LogP contribution in [0.4, 0.5) is 9.59 Å². The molecule has 2 amide bonds. The molecule has 99 heavy (non-hydrogen) atoms. The Morgan fingerprint density at radius 3 is 1.20 bits per heavy atom. The van der Waals surface area contributed by atoms with Crippen LogP contribution in [0.5, 0.6) is 23.0 Å². The number of aromatic nitrogens is 8. The van der Waals surface area contributed by atoms with Crippen LogP contribution in [0.2, 0.25) is 5.15 Å². The third-order valence-corrected chi connectivity index (χ3v) is 13.3. The van der Waals surface area contributed by atoms with Gasteiger partial charge >= 0.3 is 86.3 Å². The number of aromatic amines is 4. The van der Waals surface area contributed by atoms with E-state index in [9.17, 15) is 47.9 Å². The number of rotatable bonds is 14. The number of halogens is 4. The van der Waals surface area contributed by atoms with E-state index in [0.717, 1.165) is 44.4 Å². The first-order valence-corrected chi connectivity index (χ1v) is 31.2. The van der Waals surface area contributed by atoms with Crippen molar-refractivity contribution in [3.63, 3.8) is 0 Å². The van der Waals surface area contributed by atoms with Gasteiger partial charge in [0.05, 0.1) is 75.1 Å². The molecule has 27 nitrogen and oxygen atoms in total. The maximum Gasteiger partial charge on any atom is 1.00 e. The van der Waals surface area contributed by atoms with Crippen molar-refractivity contribution in [2.24, 2.45) is 0 Å². The molecule has 7 N–H and O–H groups in total. The molecule has 4 aromatic heterocycles. The molecule has 8 aromatic rings. The quantitative estimate of drug-likeness (QED) is 0.0344. The van der Waals surface area contributed by atoms with Crippen LogP contribution in [-0.4, -0.2) is 115 Å². The van der Waals surface area contributed by atoms with Gasteiger partial charge in [-0.05, 0) is 170 Å². The molecule has 32 heteroatoms. The molecule has 0 saturated carbocycles. The minimum atomic E-state index is -0.634. The summed E-state index contributed by atoms with van der Waals surface area (Å²) in [5, 5.41) is 12.6. The number of hydrogen-bond donors (Lipinski definition) is 7. The molecule has 0 aliphatic heterocycles. The first-order valence-electron chi connectivity index (χ1n) is 28.7. The number of carbonyl (C=O) groups is 2. The Morgan fingerprint density at radius 2 is 0.869 bits per heavy atom. The van der Waals surface area contributed by atoms with Gasteiger partial charge in [0.2, 0.25) is 0 Å². The number of terminal acetylenes is 1. The smallest absolute Gasteiger partial charge is 1.00 e. The zero-order valence-corrected chi connectivity index (χ0v) is 66.2. The second kappa shape index (κ2) is 46.8. The summed E-state index contributed by atoms with van der Waals surface area (Å²) in [6, 6.07) is 34.4. The van der Waals surface area contributed by atoms with Crippen LogP contribution < -0.4 is 150 Å². The summed E-state index contributed by atoms with van der Waals surface area (Å²) in [5.74, 6) is 10.8. The Labute approximate surface area is 662 Å². The minimum absolute atomic E-state index is 0. The second-order valence-electron chi connectivity index (χ2n) is 21.4. The fourth-order valence-electron chi connectivity index (χ4n) is 7.43. The molecule has 0 unspecified atom stereocenters. The third kappa shape index (κ3) is 35.4. The second-order valence-corrected chi connectivity index (χ2v) is 24.1. The van der Waals surface area contributed by atoms with E-state index < -0.39 is 51.6 Å². The van der Waals surface area contributed by atoms with Gasteiger partial charge in [0.25, 0.3) is 22.2 Å². The summed E-state index contributed by atoms with van der Waals surface area (Å²) in [6.45, 7) is 13.7. The Balaban J connectivity index is 0.00000134. The van der Waals surface area contributed by atoms with Crippen molar-refractivity contribution in [1.82, 2.24) is 48.8 Å². The number of ether oxygens (including phenoxy) is 6. The molecule has 0 saturated heterocycles. The topological polar surface area (TPSA) is 353 Å². The zero-order valence-electron chi connectivity index (χ0n) is 55.9. The first-order chi connectivity index (χ1) is 45.3. The number of aliphatic hydroxyl groups is 1. The van der Waals surface area contributed by atoms with Gasteiger partial charge in [-0.2, -0.15) is 0 Å². The number of carbonyl (C=O) groups excluding carboxylic acids is 2. The van der Waals surface area contributed by atoms with Crippen molar-refractivity contribution in [2.45, 2.75) is 93.3 Å². The Hall–Kier alpha value is -7.46. The van der Waals surface area contributed by atoms with E-state index >= 15 is 0 Å². The van der Waals surface area contributed by atoms with Gasteiger partial charge in [0.15, 0.2) is 0 Å². The molecule has 0 atom stereocenters. The standard InChI is InChI=1S/C28H31N3O6.C20H19IN2O4.C8H13NO2.C4H3ClN2O2.C4H3IN2O2.C2H6O.CH4.HI.K/c1-28(2,3)37-26(33)29-16-6-7-22-17-25(32)31(19-21-10-14-24(36-5)15-11-21)27(34)30(22)18-20-8-12-23(35-4)13-9-20;1-26-16-7-3-14(4-8-16)12-22-18(21)11-19(24)23(20(22)25)13-15-5-9-17(27-2)10-6-15;1-5-6-9-7(10)11-8(2,3)4;2*5-2-1-3(8)7-4(9)6-2;1-2-3;;;/h8-15,17H,16,18-19H2,1-5H3,(H,29,33);3-11H,12-13H2,1-2H3;1H,6H2,2-4H3,(H,9,10);2*1H,(H2,6,7,8,9);3H,2H2,1H3;1H4;1H;/q;;;;;;;;+1/p-1. The number of amides is 2. The summed E-state index contributed by atoms with van der Waals surface area (Å²) in [7, 11) is 6.35. The zero-order chi connectivity index (χ0) is 71.7. The molecular weight excluding hydrogens is 1670 g/mol. The van der Waals surface area contributed by atoms with Crippen LogP contribution in [0.1, 0.15) is 83.8 Å². The van der Waals surface area contributed by atoms with Gasteiger partial charge in [0.1, 0.15) is 45.0 Å². The maximum atomic E-state index is 13.5. The van der Waals surface area contributed by atoms with E-state index in [1.54, 1.807) is 118 Å². The fraction of sp³-hybridized carbons (Fsp3) is 0.313. The summed E-state index contributed by atoms with van der Waals surface area (Å²) >= 11 is 9.15. The number of benzene rings is 4. The normalized spacial score (nSPS) is 9.92. The Bertz CT molecular complexity index is 4320. The summed E-state index contributed by atoms with van der Waals surface area (Å²) in [5.41, 5.74) is -0.996. The number of H-pyrrole nitrogens is 4. The van der Waals surface area contributed by atoms with E-state index in [2.05, 4.69) is 38.4 Å². The number of aliphatic hydroxyl groups excluding tert-OH is 1. The average Bonchev–Trinajstić information content (AvgIpc) is 0.806. The van der Waals surface area contributed by atoms with Crippen molar-refractivity contribution in [2.75, 3.05) is 48.1 Å². The van der Waals surface area contributed by atoms with E-state index in [1.165, 1.54) is 27.3 Å². The van der Waals surface area contributed by atoms with Crippen LogP contribution in [0.25, 0.3) is 0 Å². The van der Waals surface area contributed by atoms with Crippen LogP contribution >= 0.6 is 56.8 Å². The predicted molar refractivity (Wildman–Crippen MR) is 388 cm³/mol. The van der Waals surface area contributed by atoms with Gasteiger partial charge in [-0.3, -0.25) is 52.4 Å². The molecule has 4 aromatic carbocycles.